The van der Waals surface area contributed by atoms with Crippen LogP contribution >= 0.6 is 0 Å². The fourth-order valence-corrected chi connectivity index (χ4v) is 1.28. The molecular formula is C5H13LiO4Si. The molecule has 0 amide bonds. The van der Waals surface area contributed by atoms with E-state index in [0.717, 1.165) is 0 Å². The summed E-state index contributed by atoms with van der Waals surface area (Å²) < 4.78 is 14.5. The predicted molar refractivity (Wildman–Crippen MR) is 44.6 cm³/mol. The third kappa shape index (κ3) is 5.47. The van der Waals surface area contributed by atoms with Crippen molar-refractivity contribution in [3.63, 3.8) is 0 Å². The van der Waals surface area contributed by atoms with Crippen molar-refractivity contribution >= 4 is 33.6 Å². The molecule has 0 saturated carbocycles. The molecule has 0 aromatic carbocycles. The van der Waals surface area contributed by atoms with Crippen LogP contribution in [0.3, 0.4) is 0 Å². The molecule has 0 spiro atoms. The van der Waals surface area contributed by atoms with Gasteiger partial charge in [0.2, 0.25) is 0 Å². The van der Waals surface area contributed by atoms with Crippen LogP contribution in [0.1, 0.15) is 6.92 Å². The van der Waals surface area contributed by atoms with Gasteiger partial charge in [-0.25, -0.2) is 0 Å². The van der Waals surface area contributed by atoms with Crippen LogP contribution in [-0.2, 0) is 18.1 Å². The first-order valence-electron chi connectivity index (χ1n) is 2.84. The van der Waals surface area contributed by atoms with Crippen molar-refractivity contribution in [3.8, 4) is 0 Å². The van der Waals surface area contributed by atoms with E-state index in [-0.39, 0.29) is 24.8 Å². The first-order chi connectivity index (χ1) is 4.54. The molecule has 6 heteroatoms. The Morgan fingerprint density at radius 1 is 1.27 bits per heavy atom. The Morgan fingerprint density at radius 3 is 1.73 bits per heavy atom. The van der Waals surface area contributed by atoms with E-state index >= 15 is 0 Å². The molecule has 0 aliphatic rings. The Labute approximate surface area is 79.7 Å². The van der Waals surface area contributed by atoms with Crippen molar-refractivity contribution in [2.24, 2.45) is 0 Å². The average Bonchev–Trinajstić information content (AvgIpc) is 1.87. The topological polar surface area (TPSA) is 44.8 Å². The fraction of sp³-hybridized carbons (Fsp3) is 0.800. The normalized spacial score (nSPS) is 10.2. The summed E-state index contributed by atoms with van der Waals surface area (Å²) in [6.45, 7) is 2.97. The Kier molecular flexibility index (Phi) is 7.27. The summed E-state index contributed by atoms with van der Waals surface area (Å²) in [6.07, 6.45) is 0. The molecule has 0 heterocycles. The molecule has 4 nitrogen and oxygen atoms in total. The fourth-order valence-electron chi connectivity index (χ4n) is 0.428. The maximum atomic E-state index is 10.4. The summed E-state index contributed by atoms with van der Waals surface area (Å²) in [6, 6.07) is 0. The second kappa shape index (κ2) is 5.80. The van der Waals surface area contributed by atoms with Gasteiger partial charge in [-0.1, -0.05) is 0 Å². The monoisotopic (exact) mass is 172 g/mol. The van der Waals surface area contributed by atoms with E-state index in [1.807, 2.05) is 0 Å². The summed E-state index contributed by atoms with van der Waals surface area (Å²) >= 11 is 0. The minimum atomic E-state index is -2.61. The molecule has 0 N–H and O–H groups in total. The van der Waals surface area contributed by atoms with Gasteiger partial charge < -0.3 is 13.3 Å². The molecule has 0 atom stereocenters. The van der Waals surface area contributed by atoms with E-state index in [4.69, 9.17) is 13.3 Å². The SMILES string of the molecule is CO[Si](C)(OC)OC(C)=O.[LiH]. The van der Waals surface area contributed by atoms with Crippen LogP contribution in [0.2, 0.25) is 6.55 Å². The zero-order valence-electron chi connectivity index (χ0n) is 6.63. The predicted octanol–water partition coefficient (Wildman–Crippen LogP) is -0.238. The standard InChI is InChI=1S/C5H12O4Si.Li.H/c1-5(6)9-10(4,7-2)8-3;;/h1-4H3;;. The first kappa shape index (κ1) is 13.8. The molecule has 0 fully saturated rings. The molecule has 0 rings (SSSR count). The molecule has 62 valence electrons. The van der Waals surface area contributed by atoms with Crippen LogP contribution < -0.4 is 0 Å². The van der Waals surface area contributed by atoms with Gasteiger partial charge in [0.15, 0.2) is 0 Å². The Bertz CT molecular complexity index is 126. The number of rotatable bonds is 3. The molecule has 0 unspecified atom stereocenters. The number of carbonyl (C=O) groups is 1. The zero-order valence-corrected chi connectivity index (χ0v) is 7.63. The van der Waals surface area contributed by atoms with Crippen molar-refractivity contribution in [3.05, 3.63) is 0 Å². The Balaban J connectivity index is 0. The average molecular weight is 172 g/mol. The van der Waals surface area contributed by atoms with Crippen molar-refractivity contribution in [1.82, 2.24) is 0 Å². The summed E-state index contributed by atoms with van der Waals surface area (Å²) in [7, 11) is 0.304. The number of hydrogen-bond acceptors (Lipinski definition) is 4. The molecular weight excluding hydrogens is 159 g/mol. The third-order valence-electron chi connectivity index (χ3n) is 1.07. The van der Waals surface area contributed by atoms with Crippen LogP contribution in [0, 0.1) is 0 Å². The molecule has 0 saturated heterocycles. The van der Waals surface area contributed by atoms with Gasteiger partial charge in [-0.3, -0.25) is 4.79 Å². The van der Waals surface area contributed by atoms with Gasteiger partial charge in [-0.2, -0.15) is 0 Å². The maximum absolute atomic E-state index is 10.4. The third-order valence-corrected chi connectivity index (χ3v) is 3.21. The van der Waals surface area contributed by atoms with E-state index in [1.165, 1.54) is 21.1 Å². The van der Waals surface area contributed by atoms with Crippen molar-refractivity contribution in [2.75, 3.05) is 14.2 Å². The van der Waals surface area contributed by atoms with Crippen LogP contribution in [0.4, 0.5) is 0 Å². The van der Waals surface area contributed by atoms with Gasteiger partial charge in [0.05, 0.1) is 0 Å². The minimum absolute atomic E-state index is 0. The summed E-state index contributed by atoms with van der Waals surface area (Å²) in [5, 5.41) is 0. The van der Waals surface area contributed by atoms with Crippen molar-refractivity contribution < 1.29 is 18.1 Å². The zero-order chi connectivity index (χ0) is 8.20. The molecule has 11 heavy (non-hydrogen) atoms. The van der Waals surface area contributed by atoms with Gasteiger partial charge in [0.25, 0.3) is 5.97 Å². The van der Waals surface area contributed by atoms with Gasteiger partial charge in [0, 0.05) is 27.7 Å². The molecule has 0 radical (unpaired) electrons. The number of carbonyl (C=O) groups excluding carboxylic acids is 1. The van der Waals surface area contributed by atoms with Crippen LogP contribution in [-0.4, -0.2) is 47.9 Å². The van der Waals surface area contributed by atoms with E-state index in [1.54, 1.807) is 6.55 Å². The number of hydrogen-bond donors (Lipinski definition) is 0. The van der Waals surface area contributed by atoms with Gasteiger partial charge in [-0.05, 0) is 0 Å². The van der Waals surface area contributed by atoms with Crippen molar-refractivity contribution in [2.45, 2.75) is 13.5 Å². The van der Waals surface area contributed by atoms with E-state index in [2.05, 4.69) is 0 Å². The van der Waals surface area contributed by atoms with E-state index in [0.29, 0.717) is 0 Å². The molecule has 0 aliphatic carbocycles. The second-order valence-electron chi connectivity index (χ2n) is 1.86. The molecule has 0 aromatic heterocycles. The van der Waals surface area contributed by atoms with Crippen LogP contribution in [0.25, 0.3) is 0 Å². The van der Waals surface area contributed by atoms with E-state index < -0.39 is 8.80 Å². The van der Waals surface area contributed by atoms with Gasteiger partial charge in [-0.15, -0.1) is 0 Å². The summed E-state index contributed by atoms with van der Waals surface area (Å²) in [5.41, 5.74) is 0. The second-order valence-corrected chi connectivity index (χ2v) is 4.61. The molecule has 0 aromatic rings. The summed E-state index contributed by atoms with van der Waals surface area (Å²) in [4.78, 5) is 10.4. The van der Waals surface area contributed by atoms with Gasteiger partial charge in [0.1, 0.15) is 0 Å². The van der Waals surface area contributed by atoms with E-state index in [9.17, 15) is 4.79 Å². The Hall–Kier alpha value is 0.204. The quantitative estimate of drug-likeness (QED) is 0.551. The first-order valence-corrected chi connectivity index (χ1v) is 5.06. The van der Waals surface area contributed by atoms with Crippen LogP contribution in [0.5, 0.6) is 0 Å². The van der Waals surface area contributed by atoms with Gasteiger partial charge >= 0.3 is 27.7 Å². The van der Waals surface area contributed by atoms with Crippen LogP contribution in [0.15, 0.2) is 0 Å². The van der Waals surface area contributed by atoms with Crippen molar-refractivity contribution in [1.29, 1.82) is 0 Å². The summed E-state index contributed by atoms with van der Waals surface area (Å²) in [5.74, 6) is -0.377. The molecule has 0 aliphatic heterocycles. The Morgan fingerprint density at radius 2 is 1.64 bits per heavy atom. The molecule has 0 bridgehead atoms.